The fourth-order valence-corrected chi connectivity index (χ4v) is 3.55. The number of anilines is 1. The van der Waals surface area contributed by atoms with Crippen LogP contribution >= 0.6 is 0 Å². The van der Waals surface area contributed by atoms with Gasteiger partial charge in [-0.2, -0.15) is 0 Å². The van der Waals surface area contributed by atoms with Gasteiger partial charge in [0.15, 0.2) is 0 Å². The first-order chi connectivity index (χ1) is 13.0. The minimum Gasteiger partial charge on any atom is -0.347 e. The number of hydrogen-bond acceptors (Lipinski definition) is 2. The summed E-state index contributed by atoms with van der Waals surface area (Å²) in [6, 6.07) is 19.5. The van der Waals surface area contributed by atoms with E-state index in [1.54, 1.807) is 4.90 Å². The standard InChI is InChI=1S/C23H22N2O2/c1-15-7-10-21(11-16(15)2)25-14-20(13-22(25)26)24-23(27)19-9-8-17-5-3-4-6-18(17)12-19/h3-12,20H,13-14H2,1-2H3,(H,24,27)/t20-/m1/s1. The van der Waals surface area contributed by atoms with E-state index in [1.165, 1.54) is 5.56 Å². The van der Waals surface area contributed by atoms with Crippen LogP contribution in [0.5, 0.6) is 0 Å². The molecular formula is C23H22N2O2. The predicted octanol–water partition coefficient (Wildman–Crippen LogP) is 3.99. The second-order valence-corrected chi connectivity index (χ2v) is 7.21. The molecular weight excluding hydrogens is 336 g/mol. The van der Waals surface area contributed by atoms with Crippen molar-refractivity contribution in [2.24, 2.45) is 0 Å². The van der Waals surface area contributed by atoms with E-state index in [0.717, 1.165) is 22.0 Å². The van der Waals surface area contributed by atoms with E-state index in [9.17, 15) is 9.59 Å². The summed E-state index contributed by atoms with van der Waals surface area (Å²) in [7, 11) is 0. The molecule has 3 aromatic rings. The predicted molar refractivity (Wildman–Crippen MR) is 108 cm³/mol. The van der Waals surface area contributed by atoms with E-state index in [1.807, 2.05) is 67.6 Å². The van der Waals surface area contributed by atoms with Crippen LogP contribution in [0.2, 0.25) is 0 Å². The topological polar surface area (TPSA) is 49.4 Å². The monoisotopic (exact) mass is 358 g/mol. The smallest absolute Gasteiger partial charge is 0.251 e. The summed E-state index contributed by atoms with van der Waals surface area (Å²) in [4.78, 5) is 26.9. The third-order valence-corrected chi connectivity index (χ3v) is 5.27. The molecule has 4 heteroatoms. The summed E-state index contributed by atoms with van der Waals surface area (Å²) in [6.07, 6.45) is 0.326. The number of hydrogen-bond donors (Lipinski definition) is 1. The number of amides is 2. The zero-order valence-electron chi connectivity index (χ0n) is 15.5. The van der Waals surface area contributed by atoms with Gasteiger partial charge in [0.2, 0.25) is 5.91 Å². The number of carbonyl (C=O) groups is 2. The van der Waals surface area contributed by atoms with Gasteiger partial charge in [-0.1, -0.05) is 36.4 Å². The van der Waals surface area contributed by atoms with Crippen LogP contribution in [0.25, 0.3) is 10.8 Å². The van der Waals surface area contributed by atoms with Crippen LogP contribution in [0.15, 0.2) is 60.7 Å². The second-order valence-electron chi connectivity index (χ2n) is 7.21. The highest BCUT2D eigenvalue weighted by molar-refractivity contribution is 6.01. The molecule has 0 aromatic heterocycles. The highest BCUT2D eigenvalue weighted by Crippen LogP contribution is 2.24. The Labute approximate surface area is 158 Å². The molecule has 1 saturated heterocycles. The van der Waals surface area contributed by atoms with Crippen LogP contribution in [0, 0.1) is 13.8 Å². The minimum absolute atomic E-state index is 0.0436. The first-order valence-electron chi connectivity index (χ1n) is 9.18. The van der Waals surface area contributed by atoms with Gasteiger partial charge >= 0.3 is 0 Å². The zero-order chi connectivity index (χ0) is 19.0. The highest BCUT2D eigenvalue weighted by atomic mass is 16.2. The Kier molecular flexibility index (Phi) is 4.40. The lowest BCUT2D eigenvalue weighted by atomic mass is 10.1. The van der Waals surface area contributed by atoms with Crippen molar-refractivity contribution in [3.63, 3.8) is 0 Å². The number of rotatable bonds is 3. The van der Waals surface area contributed by atoms with Gasteiger partial charge in [-0.25, -0.2) is 0 Å². The molecule has 1 aliphatic rings. The van der Waals surface area contributed by atoms with Crippen molar-refractivity contribution in [1.29, 1.82) is 0 Å². The molecule has 2 amide bonds. The Morgan fingerprint density at radius 2 is 1.74 bits per heavy atom. The summed E-state index contributed by atoms with van der Waals surface area (Å²) in [5, 5.41) is 5.15. The van der Waals surface area contributed by atoms with E-state index in [-0.39, 0.29) is 17.9 Å². The third-order valence-electron chi connectivity index (χ3n) is 5.27. The van der Waals surface area contributed by atoms with Gasteiger partial charge in [0.05, 0.1) is 6.04 Å². The molecule has 0 aliphatic carbocycles. The Bertz CT molecular complexity index is 1040. The van der Waals surface area contributed by atoms with Gasteiger partial charge in [-0.05, 0) is 60.0 Å². The maximum absolute atomic E-state index is 12.7. The zero-order valence-corrected chi connectivity index (χ0v) is 15.5. The Balaban J connectivity index is 1.48. The maximum atomic E-state index is 12.7. The van der Waals surface area contributed by atoms with Crippen molar-refractivity contribution in [3.8, 4) is 0 Å². The van der Waals surface area contributed by atoms with Gasteiger partial charge < -0.3 is 10.2 Å². The lowest BCUT2D eigenvalue weighted by Gasteiger charge is -2.18. The molecule has 1 fully saturated rings. The van der Waals surface area contributed by atoms with Crippen molar-refractivity contribution in [2.45, 2.75) is 26.3 Å². The number of nitrogens with one attached hydrogen (secondary N) is 1. The molecule has 1 N–H and O–H groups in total. The maximum Gasteiger partial charge on any atom is 0.251 e. The van der Waals surface area contributed by atoms with Crippen LogP contribution in [0.4, 0.5) is 5.69 Å². The van der Waals surface area contributed by atoms with Crippen molar-refractivity contribution in [3.05, 3.63) is 77.4 Å². The molecule has 1 atom stereocenters. The van der Waals surface area contributed by atoms with Crippen molar-refractivity contribution in [1.82, 2.24) is 5.32 Å². The van der Waals surface area contributed by atoms with Crippen LogP contribution < -0.4 is 10.2 Å². The van der Waals surface area contributed by atoms with Gasteiger partial charge in [-0.15, -0.1) is 0 Å². The lowest BCUT2D eigenvalue weighted by molar-refractivity contribution is -0.117. The first-order valence-corrected chi connectivity index (χ1v) is 9.18. The molecule has 0 unspecified atom stereocenters. The number of nitrogens with zero attached hydrogens (tertiary/aromatic N) is 1. The second kappa shape index (κ2) is 6.88. The molecule has 4 rings (SSSR count). The van der Waals surface area contributed by atoms with E-state index < -0.39 is 0 Å². The Morgan fingerprint density at radius 3 is 2.52 bits per heavy atom. The molecule has 1 heterocycles. The molecule has 3 aromatic carbocycles. The SMILES string of the molecule is Cc1ccc(N2C[C@H](NC(=O)c3ccc4ccccc4c3)CC2=O)cc1C. The highest BCUT2D eigenvalue weighted by Gasteiger charge is 2.31. The molecule has 4 nitrogen and oxygen atoms in total. The lowest BCUT2D eigenvalue weighted by Crippen LogP contribution is -2.37. The average molecular weight is 358 g/mol. The minimum atomic E-state index is -0.182. The Morgan fingerprint density at radius 1 is 0.963 bits per heavy atom. The van der Waals surface area contributed by atoms with Crippen LogP contribution in [-0.4, -0.2) is 24.4 Å². The number of benzene rings is 3. The largest absolute Gasteiger partial charge is 0.347 e. The molecule has 136 valence electrons. The van der Waals surface area contributed by atoms with Gasteiger partial charge in [-0.3, -0.25) is 9.59 Å². The number of carbonyl (C=O) groups excluding carboxylic acids is 2. The summed E-state index contributed by atoms with van der Waals surface area (Å²) in [5.74, 6) is -0.0949. The number of aryl methyl sites for hydroxylation is 2. The summed E-state index contributed by atoms with van der Waals surface area (Å²) < 4.78 is 0. The van der Waals surface area contributed by atoms with Crippen LogP contribution in [0.1, 0.15) is 27.9 Å². The van der Waals surface area contributed by atoms with Crippen molar-refractivity contribution in [2.75, 3.05) is 11.4 Å². The molecule has 0 bridgehead atoms. The average Bonchev–Trinajstić information content (AvgIpc) is 3.03. The third kappa shape index (κ3) is 3.43. The first kappa shape index (κ1) is 17.3. The molecule has 0 saturated carbocycles. The van der Waals surface area contributed by atoms with E-state index in [2.05, 4.69) is 12.2 Å². The van der Waals surface area contributed by atoms with E-state index >= 15 is 0 Å². The van der Waals surface area contributed by atoms with E-state index in [4.69, 9.17) is 0 Å². The summed E-state index contributed by atoms with van der Waals surface area (Å²) >= 11 is 0. The quantitative estimate of drug-likeness (QED) is 0.770. The summed E-state index contributed by atoms with van der Waals surface area (Å²) in [6.45, 7) is 4.59. The molecule has 27 heavy (non-hydrogen) atoms. The van der Waals surface area contributed by atoms with Gasteiger partial charge in [0, 0.05) is 24.2 Å². The van der Waals surface area contributed by atoms with Crippen molar-refractivity contribution >= 4 is 28.3 Å². The fourth-order valence-electron chi connectivity index (χ4n) is 3.55. The van der Waals surface area contributed by atoms with Gasteiger partial charge in [0.25, 0.3) is 5.91 Å². The van der Waals surface area contributed by atoms with Gasteiger partial charge in [0.1, 0.15) is 0 Å². The fraction of sp³-hybridized carbons (Fsp3) is 0.217. The van der Waals surface area contributed by atoms with E-state index in [0.29, 0.717) is 18.5 Å². The summed E-state index contributed by atoms with van der Waals surface area (Å²) in [5.41, 5.74) is 3.87. The number of fused-ring (bicyclic) bond motifs is 1. The molecule has 1 aliphatic heterocycles. The normalized spacial score (nSPS) is 16.7. The van der Waals surface area contributed by atoms with Crippen molar-refractivity contribution < 1.29 is 9.59 Å². The molecule has 0 spiro atoms. The van der Waals surface area contributed by atoms with Crippen LogP contribution in [0.3, 0.4) is 0 Å². The molecule has 0 radical (unpaired) electrons. The van der Waals surface area contributed by atoms with Crippen LogP contribution in [-0.2, 0) is 4.79 Å². The Hall–Kier alpha value is -3.14.